The summed E-state index contributed by atoms with van der Waals surface area (Å²) in [7, 11) is 1.83. The Hall–Kier alpha value is -2.58. The molecule has 0 saturated carbocycles. The zero-order valence-corrected chi connectivity index (χ0v) is 14.7. The van der Waals surface area contributed by atoms with E-state index in [4.69, 9.17) is 11.6 Å². The summed E-state index contributed by atoms with van der Waals surface area (Å²) in [4.78, 5) is 18.2. The number of anilines is 2. The smallest absolute Gasteiger partial charge is 0.259 e. The van der Waals surface area contributed by atoms with Crippen molar-refractivity contribution in [2.75, 3.05) is 17.3 Å². The molecular formula is C16H13ClFN5OS. The van der Waals surface area contributed by atoms with E-state index in [9.17, 15) is 9.18 Å². The van der Waals surface area contributed by atoms with Crippen molar-refractivity contribution in [3.63, 3.8) is 0 Å². The zero-order chi connectivity index (χ0) is 17.8. The molecule has 0 unspecified atom stereocenters. The second-order valence-electron chi connectivity index (χ2n) is 5.21. The summed E-state index contributed by atoms with van der Waals surface area (Å²) < 4.78 is 13.5. The zero-order valence-electron chi connectivity index (χ0n) is 13.1. The lowest BCUT2D eigenvalue weighted by molar-refractivity contribution is 0.102. The second kappa shape index (κ2) is 7.54. The molecule has 0 saturated heterocycles. The van der Waals surface area contributed by atoms with Crippen LogP contribution in [0.1, 0.15) is 15.9 Å². The molecule has 6 nitrogen and oxygen atoms in total. The third kappa shape index (κ3) is 4.28. The van der Waals surface area contributed by atoms with Crippen LogP contribution in [-0.4, -0.2) is 28.1 Å². The van der Waals surface area contributed by atoms with Crippen molar-refractivity contribution in [3.8, 4) is 0 Å². The van der Waals surface area contributed by atoms with Gasteiger partial charge in [-0.3, -0.25) is 10.1 Å². The molecule has 1 N–H and O–H groups in total. The quantitative estimate of drug-likeness (QED) is 0.735. The van der Waals surface area contributed by atoms with E-state index in [2.05, 4.69) is 20.5 Å². The highest BCUT2D eigenvalue weighted by Crippen LogP contribution is 2.19. The molecule has 1 aromatic carbocycles. The molecule has 0 bridgehead atoms. The molecule has 3 aromatic rings. The molecule has 2 aromatic heterocycles. The topological polar surface area (TPSA) is 71.0 Å². The van der Waals surface area contributed by atoms with Gasteiger partial charge in [0.15, 0.2) is 0 Å². The molecule has 0 aliphatic carbocycles. The molecular weight excluding hydrogens is 365 g/mol. The molecule has 0 radical (unpaired) electrons. The van der Waals surface area contributed by atoms with Gasteiger partial charge in [-0.05, 0) is 29.8 Å². The van der Waals surface area contributed by atoms with Crippen LogP contribution < -0.4 is 10.2 Å². The van der Waals surface area contributed by atoms with Crippen molar-refractivity contribution in [1.82, 2.24) is 15.2 Å². The number of carbonyl (C=O) groups is 1. The SMILES string of the molecule is CN(Cc1ccc(Cl)c(F)c1)c1ccc(C(=O)Nc2nncs2)cn1. The van der Waals surface area contributed by atoms with Gasteiger partial charge in [-0.2, -0.15) is 0 Å². The van der Waals surface area contributed by atoms with Gasteiger partial charge >= 0.3 is 0 Å². The van der Waals surface area contributed by atoms with E-state index in [1.54, 1.807) is 18.2 Å². The van der Waals surface area contributed by atoms with Crippen LogP contribution in [-0.2, 0) is 6.54 Å². The van der Waals surface area contributed by atoms with Gasteiger partial charge in [-0.15, -0.1) is 10.2 Å². The average Bonchev–Trinajstić information content (AvgIpc) is 3.11. The van der Waals surface area contributed by atoms with Crippen LogP contribution in [0.3, 0.4) is 0 Å². The first-order valence-electron chi connectivity index (χ1n) is 7.21. The summed E-state index contributed by atoms with van der Waals surface area (Å²) in [5.74, 6) is -0.106. The van der Waals surface area contributed by atoms with Crippen LogP contribution >= 0.6 is 22.9 Å². The number of carbonyl (C=O) groups excluding carboxylic acids is 1. The van der Waals surface area contributed by atoms with Crippen molar-refractivity contribution in [2.24, 2.45) is 0 Å². The van der Waals surface area contributed by atoms with E-state index in [0.717, 1.165) is 5.56 Å². The Morgan fingerprint density at radius 2 is 2.20 bits per heavy atom. The van der Waals surface area contributed by atoms with Crippen LogP contribution in [0.25, 0.3) is 0 Å². The highest BCUT2D eigenvalue weighted by atomic mass is 35.5. The molecule has 0 aliphatic rings. The molecule has 2 heterocycles. The van der Waals surface area contributed by atoms with Gasteiger partial charge < -0.3 is 4.90 Å². The molecule has 25 heavy (non-hydrogen) atoms. The van der Waals surface area contributed by atoms with Crippen molar-refractivity contribution in [1.29, 1.82) is 0 Å². The monoisotopic (exact) mass is 377 g/mol. The minimum atomic E-state index is -0.454. The van der Waals surface area contributed by atoms with Crippen LogP contribution in [0.4, 0.5) is 15.3 Å². The number of halogens is 2. The predicted octanol–water partition coefficient (Wildman–Crippen LogP) is 3.61. The fraction of sp³-hybridized carbons (Fsp3) is 0.125. The van der Waals surface area contributed by atoms with Crippen LogP contribution in [0.5, 0.6) is 0 Å². The Morgan fingerprint density at radius 1 is 1.36 bits per heavy atom. The third-order valence-electron chi connectivity index (χ3n) is 3.39. The van der Waals surface area contributed by atoms with Crippen molar-refractivity contribution >= 4 is 39.8 Å². The molecule has 1 amide bonds. The summed E-state index contributed by atoms with van der Waals surface area (Å²) in [5.41, 5.74) is 2.71. The molecule has 0 fully saturated rings. The van der Waals surface area contributed by atoms with E-state index in [1.165, 1.54) is 35.2 Å². The van der Waals surface area contributed by atoms with E-state index >= 15 is 0 Å². The summed E-state index contributed by atoms with van der Waals surface area (Å²) in [6, 6.07) is 8.06. The van der Waals surface area contributed by atoms with Gasteiger partial charge in [0.2, 0.25) is 5.13 Å². The Bertz CT molecular complexity index is 873. The van der Waals surface area contributed by atoms with Gasteiger partial charge in [0, 0.05) is 19.8 Å². The lowest BCUT2D eigenvalue weighted by Crippen LogP contribution is -2.18. The van der Waals surface area contributed by atoms with Gasteiger partial charge in [-0.25, -0.2) is 9.37 Å². The second-order valence-corrected chi connectivity index (χ2v) is 6.45. The molecule has 0 aliphatic heterocycles. The Balaban J connectivity index is 1.66. The van der Waals surface area contributed by atoms with Crippen LogP contribution in [0.15, 0.2) is 42.0 Å². The Morgan fingerprint density at radius 3 is 2.84 bits per heavy atom. The lowest BCUT2D eigenvalue weighted by Gasteiger charge is -2.18. The van der Waals surface area contributed by atoms with Crippen molar-refractivity contribution < 1.29 is 9.18 Å². The van der Waals surface area contributed by atoms with E-state index in [1.807, 2.05) is 11.9 Å². The summed E-state index contributed by atoms with van der Waals surface area (Å²) in [6.07, 6.45) is 1.48. The number of pyridine rings is 1. The molecule has 0 atom stereocenters. The standard InChI is InChI=1S/C16H13ClFN5OS/c1-23(8-10-2-4-12(17)13(18)6-10)14-5-3-11(7-19-14)15(24)21-16-22-20-9-25-16/h2-7,9H,8H2,1H3,(H,21,22,24). The highest BCUT2D eigenvalue weighted by molar-refractivity contribution is 7.13. The number of nitrogens with one attached hydrogen (secondary N) is 1. The minimum Gasteiger partial charge on any atom is -0.355 e. The number of amides is 1. The minimum absolute atomic E-state index is 0.0929. The van der Waals surface area contributed by atoms with E-state index in [-0.39, 0.29) is 10.9 Å². The van der Waals surface area contributed by atoms with Crippen molar-refractivity contribution in [3.05, 3.63) is 64.0 Å². The van der Waals surface area contributed by atoms with E-state index in [0.29, 0.717) is 23.1 Å². The largest absolute Gasteiger partial charge is 0.355 e. The first-order valence-corrected chi connectivity index (χ1v) is 8.47. The number of benzene rings is 1. The lowest BCUT2D eigenvalue weighted by atomic mass is 10.2. The first-order chi connectivity index (χ1) is 12.0. The number of hydrogen-bond acceptors (Lipinski definition) is 6. The third-order valence-corrected chi connectivity index (χ3v) is 4.30. The van der Waals surface area contributed by atoms with Crippen LogP contribution in [0, 0.1) is 5.82 Å². The van der Waals surface area contributed by atoms with Gasteiger partial charge in [-0.1, -0.05) is 29.0 Å². The summed E-state index contributed by atoms with van der Waals surface area (Å²) in [5, 5.41) is 10.6. The molecule has 3 rings (SSSR count). The maximum Gasteiger partial charge on any atom is 0.259 e. The number of rotatable bonds is 5. The van der Waals surface area contributed by atoms with Crippen molar-refractivity contribution in [2.45, 2.75) is 6.54 Å². The summed E-state index contributed by atoms with van der Waals surface area (Å²) >= 11 is 6.92. The number of aromatic nitrogens is 3. The molecule has 128 valence electrons. The fourth-order valence-electron chi connectivity index (χ4n) is 2.14. The Labute approximate surface area is 152 Å². The normalized spacial score (nSPS) is 10.5. The van der Waals surface area contributed by atoms with E-state index < -0.39 is 5.82 Å². The highest BCUT2D eigenvalue weighted by Gasteiger charge is 2.11. The number of hydrogen-bond donors (Lipinski definition) is 1. The van der Waals surface area contributed by atoms with Crippen LogP contribution in [0.2, 0.25) is 5.02 Å². The summed E-state index contributed by atoms with van der Waals surface area (Å²) in [6.45, 7) is 0.456. The molecule has 9 heteroatoms. The van der Waals surface area contributed by atoms with Gasteiger partial charge in [0.1, 0.15) is 17.1 Å². The Kier molecular flexibility index (Phi) is 5.20. The predicted molar refractivity (Wildman–Crippen MR) is 95.6 cm³/mol. The molecule has 0 spiro atoms. The van der Waals surface area contributed by atoms with Gasteiger partial charge in [0.25, 0.3) is 5.91 Å². The van der Waals surface area contributed by atoms with Gasteiger partial charge in [0.05, 0.1) is 10.6 Å². The average molecular weight is 378 g/mol. The number of nitrogens with zero attached hydrogens (tertiary/aromatic N) is 4. The fourth-order valence-corrected chi connectivity index (χ4v) is 2.69. The maximum atomic E-state index is 13.5. The maximum absolute atomic E-state index is 13.5. The first kappa shape index (κ1) is 17.2.